The van der Waals surface area contributed by atoms with E-state index in [-0.39, 0.29) is 0 Å². The Balaban J connectivity index is 2.40. The zero-order valence-corrected chi connectivity index (χ0v) is 8.98. The van der Waals surface area contributed by atoms with Crippen molar-refractivity contribution in [2.45, 2.75) is 32.7 Å². The van der Waals surface area contributed by atoms with E-state index < -0.39 is 0 Å². The lowest BCUT2D eigenvalue weighted by atomic mass is 10.00. The molecule has 0 aromatic rings. The molecule has 1 N–H and O–H groups in total. The van der Waals surface area contributed by atoms with Crippen LogP contribution in [0.4, 0.5) is 0 Å². The summed E-state index contributed by atoms with van der Waals surface area (Å²) in [7, 11) is 0. The molecule has 0 radical (unpaired) electrons. The average molecular weight is 180 g/mol. The molecule has 2 nitrogen and oxygen atoms in total. The molecule has 0 aromatic heterocycles. The Hall–Kier alpha value is -0.520. The quantitative estimate of drug-likeness (QED) is 0.640. The smallest absolute Gasteiger partial charge is 0.0278 e. The second-order valence-corrected chi connectivity index (χ2v) is 4.15. The zero-order chi connectivity index (χ0) is 9.73. The van der Waals surface area contributed by atoms with Crippen LogP contribution >= 0.6 is 0 Å². The molecular weight excluding hydrogens is 160 g/mol. The molecule has 1 heterocycles. The molecular formula is C11H20N2. The van der Waals surface area contributed by atoms with E-state index in [4.69, 9.17) is 0 Å². The van der Waals surface area contributed by atoms with Crippen molar-refractivity contribution < 1.29 is 0 Å². The van der Waals surface area contributed by atoms with Crippen LogP contribution in [0.1, 0.15) is 27.2 Å². The Labute approximate surface area is 81.7 Å². The first kappa shape index (κ1) is 10.6. The van der Waals surface area contributed by atoms with Gasteiger partial charge in [0.05, 0.1) is 0 Å². The van der Waals surface area contributed by atoms with Gasteiger partial charge in [-0.1, -0.05) is 0 Å². The van der Waals surface area contributed by atoms with Gasteiger partial charge in [-0.25, -0.2) is 0 Å². The molecule has 1 aliphatic heterocycles. The lowest BCUT2D eigenvalue weighted by Gasteiger charge is -2.42. The van der Waals surface area contributed by atoms with Crippen molar-refractivity contribution >= 4 is 0 Å². The predicted octanol–water partition coefficient (Wildman–Crippen LogP) is 1.08. The van der Waals surface area contributed by atoms with Gasteiger partial charge in [-0.2, -0.15) is 0 Å². The highest BCUT2D eigenvalue weighted by Gasteiger charge is 2.28. The monoisotopic (exact) mass is 180 g/mol. The van der Waals surface area contributed by atoms with Crippen LogP contribution in [-0.4, -0.2) is 36.6 Å². The van der Waals surface area contributed by atoms with Crippen LogP contribution in [0, 0.1) is 11.8 Å². The van der Waals surface area contributed by atoms with Crippen LogP contribution in [0.3, 0.4) is 0 Å². The lowest BCUT2D eigenvalue weighted by molar-refractivity contribution is 0.0935. The van der Waals surface area contributed by atoms with Crippen molar-refractivity contribution in [3.63, 3.8) is 0 Å². The van der Waals surface area contributed by atoms with Crippen LogP contribution in [0.15, 0.2) is 0 Å². The summed E-state index contributed by atoms with van der Waals surface area (Å²) in [6.07, 6.45) is 1.000. The van der Waals surface area contributed by atoms with E-state index >= 15 is 0 Å². The molecule has 0 unspecified atom stereocenters. The molecule has 1 rings (SSSR count). The first-order valence-corrected chi connectivity index (χ1v) is 5.02. The SMILES string of the molecule is CC#CCCN1CCNCC1(C)C. The average Bonchev–Trinajstić information content (AvgIpc) is 2.08. The standard InChI is InChI=1S/C11H20N2/c1-4-5-6-8-13-9-7-12-10-11(13,2)3/h12H,6-10H2,1-3H3. The maximum Gasteiger partial charge on any atom is 0.0278 e. The van der Waals surface area contributed by atoms with E-state index in [0.29, 0.717) is 5.54 Å². The van der Waals surface area contributed by atoms with Crippen molar-refractivity contribution in [2.24, 2.45) is 0 Å². The highest BCUT2D eigenvalue weighted by molar-refractivity contribution is 4.97. The van der Waals surface area contributed by atoms with Crippen LogP contribution in [0.25, 0.3) is 0 Å². The van der Waals surface area contributed by atoms with Crippen LogP contribution in [-0.2, 0) is 0 Å². The normalized spacial score (nSPS) is 22.1. The van der Waals surface area contributed by atoms with Gasteiger partial charge in [0.15, 0.2) is 0 Å². The van der Waals surface area contributed by atoms with E-state index in [2.05, 4.69) is 35.9 Å². The van der Waals surface area contributed by atoms with Gasteiger partial charge in [-0.3, -0.25) is 4.90 Å². The number of piperazine rings is 1. The predicted molar refractivity (Wildman–Crippen MR) is 56.6 cm³/mol. The summed E-state index contributed by atoms with van der Waals surface area (Å²) >= 11 is 0. The van der Waals surface area contributed by atoms with E-state index in [1.807, 2.05) is 6.92 Å². The number of hydrogen-bond acceptors (Lipinski definition) is 2. The Kier molecular flexibility index (Phi) is 3.77. The van der Waals surface area contributed by atoms with Gasteiger partial charge >= 0.3 is 0 Å². The third kappa shape index (κ3) is 3.02. The number of rotatable bonds is 2. The minimum absolute atomic E-state index is 0.299. The summed E-state index contributed by atoms with van der Waals surface area (Å²) in [5.74, 6) is 6.06. The fraction of sp³-hybridized carbons (Fsp3) is 0.818. The van der Waals surface area contributed by atoms with Gasteiger partial charge < -0.3 is 5.32 Å². The number of nitrogens with one attached hydrogen (secondary N) is 1. The lowest BCUT2D eigenvalue weighted by Crippen LogP contribution is -2.57. The van der Waals surface area contributed by atoms with E-state index in [1.54, 1.807) is 0 Å². The van der Waals surface area contributed by atoms with Crippen molar-refractivity contribution in [1.82, 2.24) is 10.2 Å². The third-order valence-electron chi connectivity index (χ3n) is 2.66. The molecule has 1 fully saturated rings. The minimum atomic E-state index is 0.299. The molecule has 1 aliphatic rings. The van der Waals surface area contributed by atoms with Gasteiger partial charge in [0, 0.05) is 38.1 Å². The fourth-order valence-corrected chi connectivity index (χ4v) is 1.75. The van der Waals surface area contributed by atoms with Crippen LogP contribution in [0.5, 0.6) is 0 Å². The summed E-state index contributed by atoms with van der Waals surface area (Å²) in [4.78, 5) is 2.52. The van der Waals surface area contributed by atoms with E-state index in [0.717, 1.165) is 32.6 Å². The highest BCUT2D eigenvalue weighted by Crippen LogP contribution is 2.15. The largest absolute Gasteiger partial charge is 0.314 e. The molecule has 74 valence electrons. The van der Waals surface area contributed by atoms with Crippen molar-refractivity contribution in [2.75, 3.05) is 26.2 Å². The number of nitrogens with zero attached hydrogens (tertiary/aromatic N) is 1. The first-order chi connectivity index (χ1) is 6.17. The van der Waals surface area contributed by atoms with Crippen LogP contribution in [0.2, 0.25) is 0 Å². The summed E-state index contributed by atoms with van der Waals surface area (Å²) < 4.78 is 0. The number of hydrogen-bond donors (Lipinski definition) is 1. The Morgan fingerprint density at radius 2 is 2.23 bits per heavy atom. The Bertz CT molecular complexity index is 210. The van der Waals surface area contributed by atoms with Gasteiger partial charge in [0.2, 0.25) is 0 Å². The minimum Gasteiger partial charge on any atom is -0.314 e. The maximum absolute atomic E-state index is 3.42. The molecule has 0 aromatic carbocycles. The van der Waals surface area contributed by atoms with E-state index in [1.165, 1.54) is 0 Å². The highest BCUT2D eigenvalue weighted by atomic mass is 15.2. The molecule has 0 saturated carbocycles. The summed E-state index contributed by atoms with van der Waals surface area (Å²) in [5.41, 5.74) is 0.299. The van der Waals surface area contributed by atoms with Gasteiger partial charge in [0.1, 0.15) is 0 Å². The molecule has 1 saturated heterocycles. The van der Waals surface area contributed by atoms with E-state index in [9.17, 15) is 0 Å². The summed E-state index contributed by atoms with van der Waals surface area (Å²) in [6, 6.07) is 0. The summed E-state index contributed by atoms with van der Waals surface area (Å²) in [6.45, 7) is 10.9. The first-order valence-electron chi connectivity index (χ1n) is 5.02. The summed E-state index contributed by atoms with van der Waals surface area (Å²) in [5, 5.41) is 3.42. The second kappa shape index (κ2) is 4.64. The van der Waals surface area contributed by atoms with Crippen molar-refractivity contribution in [3.8, 4) is 11.8 Å². The van der Waals surface area contributed by atoms with Gasteiger partial charge in [-0.05, 0) is 20.8 Å². The fourth-order valence-electron chi connectivity index (χ4n) is 1.75. The van der Waals surface area contributed by atoms with Crippen molar-refractivity contribution in [1.29, 1.82) is 0 Å². The maximum atomic E-state index is 3.42. The van der Waals surface area contributed by atoms with Gasteiger partial charge in [-0.15, -0.1) is 11.8 Å². The molecule has 0 atom stereocenters. The third-order valence-corrected chi connectivity index (χ3v) is 2.66. The van der Waals surface area contributed by atoms with Crippen LogP contribution < -0.4 is 5.32 Å². The molecule has 0 amide bonds. The Morgan fingerprint density at radius 1 is 1.46 bits per heavy atom. The topological polar surface area (TPSA) is 15.3 Å². The molecule has 13 heavy (non-hydrogen) atoms. The molecule has 2 heteroatoms. The molecule has 0 aliphatic carbocycles. The Morgan fingerprint density at radius 3 is 2.85 bits per heavy atom. The zero-order valence-electron chi connectivity index (χ0n) is 8.98. The second-order valence-electron chi connectivity index (χ2n) is 4.15. The molecule has 0 bridgehead atoms. The van der Waals surface area contributed by atoms with Gasteiger partial charge in [0.25, 0.3) is 0 Å². The van der Waals surface area contributed by atoms with Crippen molar-refractivity contribution in [3.05, 3.63) is 0 Å². The molecule has 0 spiro atoms.